The average molecular weight is 408 g/mol. The van der Waals surface area contributed by atoms with Crippen molar-refractivity contribution < 1.29 is 24.1 Å². The van der Waals surface area contributed by atoms with Crippen LogP contribution in [0.1, 0.15) is 43.9 Å². The largest absolute Gasteiger partial charge is 0.508 e. The molecule has 0 saturated carbocycles. The molecule has 0 radical (unpaired) electrons. The highest BCUT2D eigenvalue weighted by atomic mass is 35.5. The number of aliphatic hydroxyl groups is 1. The number of phenols is 1. The van der Waals surface area contributed by atoms with Crippen LogP contribution < -0.4 is 10.1 Å². The van der Waals surface area contributed by atoms with Gasteiger partial charge in [0, 0.05) is 16.7 Å². The minimum absolute atomic E-state index is 0.0593. The second-order valence-electron chi connectivity index (χ2n) is 7.88. The van der Waals surface area contributed by atoms with E-state index >= 15 is 0 Å². The van der Waals surface area contributed by atoms with Gasteiger partial charge in [-0.1, -0.05) is 31.5 Å². The third-order valence-corrected chi connectivity index (χ3v) is 5.21. The molecular formula is C21H23ClFNO4. The van der Waals surface area contributed by atoms with Crippen molar-refractivity contribution in [2.24, 2.45) is 5.41 Å². The number of hydrogen-bond donors (Lipinski definition) is 3. The highest BCUT2D eigenvalue weighted by Gasteiger charge is 2.27. The van der Waals surface area contributed by atoms with Crippen LogP contribution in [0.2, 0.25) is 5.02 Å². The summed E-state index contributed by atoms with van der Waals surface area (Å²) in [5.74, 6) is -0.362. The summed E-state index contributed by atoms with van der Waals surface area (Å²) in [6, 6.07) is 7.20. The zero-order valence-corrected chi connectivity index (χ0v) is 16.5. The number of carbonyl (C=O) groups excluding carboxylic acids is 1. The fourth-order valence-corrected chi connectivity index (χ4v) is 3.65. The van der Waals surface area contributed by atoms with Gasteiger partial charge in [0.25, 0.3) is 5.91 Å². The summed E-state index contributed by atoms with van der Waals surface area (Å²) in [4.78, 5) is 11.5. The maximum absolute atomic E-state index is 13.2. The summed E-state index contributed by atoms with van der Waals surface area (Å²) in [5, 5.41) is 23.6. The minimum atomic E-state index is -0.876. The van der Waals surface area contributed by atoms with Gasteiger partial charge in [-0.3, -0.25) is 4.79 Å². The van der Waals surface area contributed by atoms with Crippen molar-refractivity contribution >= 4 is 23.2 Å². The first-order chi connectivity index (χ1) is 13.1. The lowest BCUT2D eigenvalue weighted by Gasteiger charge is -2.28. The molecule has 0 spiro atoms. The molecule has 1 unspecified atom stereocenters. The van der Waals surface area contributed by atoms with Gasteiger partial charge in [0.2, 0.25) is 0 Å². The van der Waals surface area contributed by atoms with Crippen molar-refractivity contribution in [2.45, 2.75) is 39.2 Å². The summed E-state index contributed by atoms with van der Waals surface area (Å²) in [6.45, 7) is 3.97. The number of phenolic OH excluding ortho intramolecular Hbond substituents is 1. The molecule has 0 fully saturated rings. The van der Waals surface area contributed by atoms with Gasteiger partial charge in [-0.25, -0.2) is 4.39 Å². The first-order valence-electron chi connectivity index (χ1n) is 9.06. The molecule has 150 valence electrons. The van der Waals surface area contributed by atoms with Gasteiger partial charge in [-0.2, -0.15) is 0 Å². The predicted octanol–water partition coefficient (Wildman–Crippen LogP) is 4.60. The molecule has 0 aliphatic carbocycles. The summed E-state index contributed by atoms with van der Waals surface area (Å²) in [6.07, 6.45) is 0.820. The van der Waals surface area contributed by atoms with Crippen LogP contribution in [-0.2, 0) is 11.2 Å². The average Bonchev–Trinajstić information content (AvgIpc) is 2.61. The number of anilines is 1. The minimum Gasteiger partial charge on any atom is -0.508 e. The van der Waals surface area contributed by atoms with Crippen molar-refractivity contribution in [3.63, 3.8) is 0 Å². The summed E-state index contributed by atoms with van der Waals surface area (Å²) in [7, 11) is 0. The van der Waals surface area contributed by atoms with Crippen LogP contribution in [0.15, 0.2) is 30.3 Å². The Kier molecular flexibility index (Phi) is 5.82. The van der Waals surface area contributed by atoms with E-state index < -0.39 is 6.10 Å². The first kappa shape index (κ1) is 20.4. The number of nitrogens with one attached hydrogen (secondary N) is 1. The number of fused-ring (bicyclic) bond motifs is 1. The third kappa shape index (κ3) is 4.75. The summed E-state index contributed by atoms with van der Waals surface area (Å²) < 4.78 is 18.7. The van der Waals surface area contributed by atoms with Gasteiger partial charge >= 0.3 is 0 Å². The molecule has 28 heavy (non-hydrogen) atoms. The van der Waals surface area contributed by atoms with E-state index in [2.05, 4.69) is 5.32 Å². The molecule has 0 bridgehead atoms. The maximum atomic E-state index is 13.2. The zero-order valence-electron chi connectivity index (χ0n) is 15.8. The summed E-state index contributed by atoms with van der Waals surface area (Å²) in [5.41, 5.74) is 1.44. The van der Waals surface area contributed by atoms with E-state index in [1.165, 1.54) is 24.3 Å². The zero-order chi connectivity index (χ0) is 20.5. The molecule has 3 N–H and O–H groups in total. The van der Waals surface area contributed by atoms with Crippen molar-refractivity contribution in [2.75, 3.05) is 11.9 Å². The number of hydrogen-bond acceptors (Lipinski definition) is 4. The van der Waals surface area contributed by atoms with Crippen LogP contribution in [0.3, 0.4) is 0 Å². The Morgan fingerprint density at radius 1 is 1.32 bits per heavy atom. The molecule has 5 nitrogen and oxygen atoms in total. The lowest BCUT2D eigenvalue weighted by Crippen LogP contribution is -2.26. The standard InChI is InChI=1S/C21H23ClFNO4/c1-21(2,10-12-3-4-13(23)7-16(12)22)6-5-18(26)15-8-14(25)9-17-20(15)28-11-19(27)24-17/h3-4,7-9,18,25-26H,5-6,10-11H2,1-2H3,(H,24,27). The quantitative estimate of drug-likeness (QED) is 0.654. The second kappa shape index (κ2) is 7.97. The molecule has 1 aliphatic rings. The molecule has 0 saturated heterocycles. The highest BCUT2D eigenvalue weighted by Crippen LogP contribution is 2.41. The second-order valence-corrected chi connectivity index (χ2v) is 8.29. The maximum Gasteiger partial charge on any atom is 0.262 e. The third-order valence-electron chi connectivity index (χ3n) is 4.86. The molecule has 7 heteroatoms. The van der Waals surface area contributed by atoms with Crippen LogP contribution >= 0.6 is 11.6 Å². The molecule has 2 aromatic carbocycles. The lowest BCUT2D eigenvalue weighted by atomic mass is 9.80. The van der Waals surface area contributed by atoms with Gasteiger partial charge in [0.05, 0.1) is 11.8 Å². The smallest absolute Gasteiger partial charge is 0.262 e. The van der Waals surface area contributed by atoms with E-state index in [0.29, 0.717) is 41.3 Å². The van der Waals surface area contributed by atoms with Gasteiger partial charge in [0.15, 0.2) is 6.61 Å². The van der Waals surface area contributed by atoms with E-state index in [-0.39, 0.29) is 29.5 Å². The Morgan fingerprint density at radius 2 is 2.07 bits per heavy atom. The van der Waals surface area contributed by atoms with Crippen LogP contribution in [0.25, 0.3) is 0 Å². The van der Waals surface area contributed by atoms with E-state index in [1.807, 2.05) is 13.8 Å². The number of carbonyl (C=O) groups is 1. The molecular weight excluding hydrogens is 385 g/mol. The number of amides is 1. The van der Waals surface area contributed by atoms with Gasteiger partial charge in [0.1, 0.15) is 17.3 Å². The Hall–Kier alpha value is -2.31. The number of halogens is 2. The Bertz CT molecular complexity index is 900. The van der Waals surface area contributed by atoms with E-state index in [1.54, 1.807) is 6.07 Å². The Labute approximate surface area is 168 Å². The van der Waals surface area contributed by atoms with E-state index in [0.717, 1.165) is 5.56 Å². The van der Waals surface area contributed by atoms with Crippen LogP contribution in [-0.4, -0.2) is 22.7 Å². The molecule has 3 rings (SSSR count). The normalized spacial score (nSPS) is 14.8. The van der Waals surface area contributed by atoms with Crippen molar-refractivity contribution in [1.82, 2.24) is 0 Å². The SMILES string of the molecule is CC(C)(CCC(O)c1cc(O)cc2c1OCC(=O)N2)Cc1ccc(F)cc1Cl. The Morgan fingerprint density at radius 3 is 2.79 bits per heavy atom. The molecule has 0 aromatic heterocycles. The van der Waals surface area contributed by atoms with Crippen LogP contribution in [0.5, 0.6) is 11.5 Å². The molecule has 1 aliphatic heterocycles. The van der Waals surface area contributed by atoms with Crippen molar-refractivity contribution in [3.8, 4) is 11.5 Å². The number of aliphatic hydroxyl groups excluding tert-OH is 1. The number of benzene rings is 2. The first-order valence-corrected chi connectivity index (χ1v) is 9.44. The topological polar surface area (TPSA) is 78.8 Å². The predicted molar refractivity (Wildman–Crippen MR) is 105 cm³/mol. The number of aromatic hydroxyl groups is 1. The lowest BCUT2D eigenvalue weighted by molar-refractivity contribution is -0.118. The number of ether oxygens (including phenoxy) is 1. The van der Waals surface area contributed by atoms with Crippen molar-refractivity contribution in [1.29, 1.82) is 0 Å². The molecule has 2 aromatic rings. The molecule has 1 amide bonds. The summed E-state index contributed by atoms with van der Waals surface area (Å²) >= 11 is 6.13. The number of rotatable bonds is 6. The Balaban J connectivity index is 1.71. The van der Waals surface area contributed by atoms with Gasteiger partial charge in [-0.05, 0) is 48.4 Å². The fraction of sp³-hybridized carbons (Fsp3) is 0.381. The van der Waals surface area contributed by atoms with E-state index in [9.17, 15) is 19.4 Å². The fourth-order valence-electron chi connectivity index (χ4n) is 3.41. The van der Waals surface area contributed by atoms with Crippen LogP contribution in [0, 0.1) is 11.2 Å². The van der Waals surface area contributed by atoms with Crippen LogP contribution in [0.4, 0.5) is 10.1 Å². The molecule has 1 atom stereocenters. The monoisotopic (exact) mass is 407 g/mol. The van der Waals surface area contributed by atoms with Gasteiger partial charge < -0.3 is 20.3 Å². The van der Waals surface area contributed by atoms with Crippen molar-refractivity contribution in [3.05, 3.63) is 52.3 Å². The van der Waals surface area contributed by atoms with Gasteiger partial charge in [-0.15, -0.1) is 0 Å². The highest BCUT2D eigenvalue weighted by molar-refractivity contribution is 6.31. The van der Waals surface area contributed by atoms with E-state index in [4.69, 9.17) is 16.3 Å². The molecule has 1 heterocycles.